The van der Waals surface area contributed by atoms with Crippen LogP contribution >= 0.6 is 43.2 Å². The maximum atomic E-state index is 5.55. The molecule has 0 aliphatic rings. The zero-order chi connectivity index (χ0) is 9.97. The van der Waals surface area contributed by atoms with Crippen molar-refractivity contribution in [3.63, 3.8) is 0 Å². The van der Waals surface area contributed by atoms with E-state index in [0.29, 0.717) is 5.88 Å². The highest BCUT2D eigenvalue weighted by molar-refractivity contribution is 9.11. The molecule has 2 aromatic rings. The molecule has 0 atom stereocenters. The summed E-state index contributed by atoms with van der Waals surface area (Å²) < 4.78 is 7.44. The number of hydrogen-bond acceptors (Lipinski definition) is 3. The van der Waals surface area contributed by atoms with Gasteiger partial charge in [-0.05, 0) is 34.1 Å². The lowest BCUT2D eigenvalue weighted by atomic mass is 10.3. The van der Waals surface area contributed by atoms with Crippen molar-refractivity contribution in [2.45, 2.75) is 0 Å². The van der Waals surface area contributed by atoms with Crippen molar-refractivity contribution < 1.29 is 4.74 Å². The highest BCUT2D eigenvalue weighted by Crippen LogP contribution is 2.31. The van der Waals surface area contributed by atoms with Crippen molar-refractivity contribution in [1.29, 1.82) is 0 Å². The van der Waals surface area contributed by atoms with E-state index in [1.165, 1.54) is 11.3 Å². The summed E-state index contributed by atoms with van der Waals surface area (Å²) in [6.45, 7) is 0. The zero-order valence-corrected chi connectivity index (χ0v) is 10.9. The molecule has 0 bridgehead atoms. The Morgan fingerprint density at radius 1 is 1.29 bits per heavy atom. The van der Waals surface area contributed by atoms with Gasteiger partial charge in [-0.1, -0.05) is 15.9 Å². The van der Waals surface area contributed by atoms with Crippen molar-refractivity contribution >= 4 is 43.2 Å². The second-order valence-corrected chi connectivity index (χ2v) is 4.99. The molecule has 0 aliphatic carbocycles. The highest BCUT2D eigenvalue weighted by Gasteiger charge is 2.04. The van der Waals surface area contributed by atoms with Gasteiger partial charge in [0.25, 0.3) is 0 Å². The molecule has 2 rings (SSSR count). The van der Waals surface area contributed by atoms with E-state index in [0.717, 1.165) is 14.7 Å². The quantitative estimate of drug-likeness (QED) is 0.808. The summed E-state index contributed by atoms with van der Waals surface area (Å²) in [4.78, 5) is 4.04. The molecule has 0 aliphatic heterocycles. The molecule has 0 unspecified atom stereocenters. The van der Waals surface area contributed by atoms with Gasteiger partial charge < -0.3 is 4.74 Å². The fraction of sp³-hybridized carbons (Fsp3) is 0. The molecule has 0 radical (unpaired) electrons. The number of thiazole rings is 1. The summed E-state index contributed by atoms with van der Waals surface area (Å²) in [5.41, 5.74) is 1.74. The monoisotopic (exact) mass is 333 g/mol. The Balaban J connectivity index is 2.28. The second kappa shape index (κ2) is 4.42. The molecule has 72 valence electrons. The van der Waals surface area contributed by atoms with E-state index in [-0.39, 0.29) is 0 Å². The number of ether oxygens (including phenoxy) is 1. The van der Waals surface area contributed by atoms with Crippen LogP contribution < -0.4 is 4.74 Å². The van der Waals surface area contributed by atoms with Crippen LogP contribution in [0, 0.1) is 0 Å². The first-order valence-corrected chi connectivity index (χ1v) is 6.29. The fourth-order valence-electron chi connectivity index (χ4n) is 0.920. The van der Waals surface area contributed by atoms with Crippen molar-refractivity contribution in [2.75, 3.05) is 0 Å². The third kappa shape index (κ3) is 2.34. The first kappa shape index (κ1) is 10.1. The van der Waals surface area contributed by atoms with Gasteiger partial charge in [0.2, 0.25) is 5.88 Å². The van der Waals surface area contributed by atoms with Gasteiger partial charge in [-0.2, -0.15) is 0 Å². The Morgan fingerprint density at radius 2 is 2.14 bits per heavy atom. The molecule has 1 heterocycles. The van der Waals surface area contributed by atoms with E-state index in [1.807, 2.05) is 23.6 Å². The lowest BCUT2D eigenvalue weighted by molar-refractivity contribution is 0.463. The number of aromatic nitrogens is 1. The minimum absolute atomic E-state index is 0.619. The summed E-state index contributed by atoms with van der Waals surface area (Å²) in [5, 5.41) is 1.85. The van der Waals surface area contributed by atoms with E-state index in [9.17, 15) is 0 Å². The molecular formula is C9H5Br2NOS. The van der Waals surface area contributed by atoms with Crippen molar-refractivity contribution in [2.24, 2.45) is 0 Å². The third-order valence-corrected chi connectivity index (χ3v) is 3.23. The minimum Gasteiger partial charge on any atom is -0.437 e. The second-order valence-electron chi connectivity index (χ2n) is 2.50. The predicted molar refractivity (Wildman–Crippen MR) is 64.0 cm³/mol. The summed E-state index contributed by atoms with van der Waals surface area (Å²) in [5.74, 6) is 1.37. The number of benzene rings is 1. The Labute approximate surface area is 102 Å². The molecule has 0 fully saturated rings. The van der Waals surface area contributed by atoms with Crippen LogP contribution in [0.25, 0.3) is 0 Å². The summed E-state index contributed by atoms with van der Waals surface area (Å²) >= 11 is 8.29. The summed E-state index contributed by atoms with van der Waals surface area (Å²) in [6, 6.07) is 5.76. The maximum Gasteiger partial charge on any atom is 0.230 e. The zero-order valence-electron chi connectivity index (χ0n) is 6.91. The lowest BCUT2D eigenvalue weighted by Gasteiger charge is -2.04. The average Bonchev–Trinajstić information content (AvgIpc) is 2.64. The third-order valence-electron chi connectivity index (χ3n) is 1.52. The van der Waals surface area contributed by atoms with E-state index < -0.39 is 0 Å². The van der Waals surface area contributed by atoms with Crippen LogP contribution in [-0.2, 0) is 0 Å². The fourth-order valence-corrected chi connectivity index (χ4v) is 2.04. The normalized spacial score (nSPS) is 10.1. The predicted octanol–water partition coefficient (Wildman–Crippen LogP) is 4.46. The van der Waals surface area contributed by atoms with Crippen molar-refractivity contribution in [3.05, 3.63) is 38.0 Å². The topological polar surface area (TPSA) is 22.1 Å². The van der Waals surface area contributed by atoms with Gasteiger partial charge in [0.05, 0.1) is 15.4 Å². The van der Waals surface area contributed by atoms with Crippen LogP contribution in [0.5, 0.6) is 11.6 Å². The highest BCUT2D eigenvalue weighted by atomic mass is 79.9. The Bertz CT molecular complexity index is 430. The smallest absolute Gasteiger partial charge is 0.230 e. The van der Waals surface area contributed by atoms with Gasteiger partial charge in [-0.3, -0.25) is 0 Å². The number of hydrogen-bond donors (Lipinski definition) is 0. The van der Waals surface area contributed by atoms with Crippen LogP contribution in [0.2, 0.25) is 0 Å². The number of rotatable bonds is 2. The number of nitrogens with zero attached hydrogens (tertiary/aromatic N) is 1. The molecule has 14 heavy (non-hydrogen) atoms. The van der Waals surface area contributed by atoms with Crippen LogP contribution in [-0.4, -0.2) is 4.98 Å². The van der Waals surface area contributed by atoms with Crippen LogP contribution in [0.1, 0.15) is 0 Å². The van der Waals surface area contributed by atoms with Gasteiger partial charge >= 0.3 is 0 Å². The van der Waals surface area contributed by atoms with Gasteiger partial charge in [0, 0.05) is 4.47 Å². The van der Waals surface area contributed by atoms with Crippen LogP contribution in [0.3, 0.4) is 0 Å². The largest absolute Gasteiger partial charge is 0.437 e. The van der Waals surface area contributed by atoms with Crippen LogP contribution in [0.15, 0.2) is 38.0 Å². The van der Waals surface area contributed by atoms with E-state index in [4.69, 9.17) is 4.74 Å². The van der Waals surface area contributed by atoms with E-state index in [1.54, 1.807) is 5.51 Å². The Morgan fingerprint density at radius 3 is 2.86 bits per heavy atom. The van der Waals surface area contributed by atoms with Gasteiger partial charge in [-0.25, -0.2) is 4.98 Å². The molecule has 0 spiro atoms. The van der Waals surface area contributed by atoms with E-state index in [2.05, 4.69) is 36.8 Å². The molecule has 5 heteroatoms. The first-order chi connectivity index (χ1) is 6.75. The van der Waals surface area contributed by atoms with Crippen LogP contribution in [0.4, 0.5) is 0 Å². The Hall–Kier alpha value is -0.390. The lowest BCUT2D eigenvalue weighted by Crippen LogP contribution is -1.84. The molecule has 2 nitrogen and oxygen atoms in total. The molecule has 1 aromatic carbocycles. The van der Waals surface area contributed by atoms with Gasteiger partial charge in [-0.15, -0.1) is 11.3 Å². The number of halogens is 2. The molecule has 0 amide bonds. The standard InChI is InChI=1S/C9H5Br2NOS/c10-6-1-2-7(11)8(3-6)13-9-4-14-5-12-9/h1-5H. The SMILES string of the molecule is Brc1ccc(Br)c(Oc2cscn2)c1. The molecule has 1 aromatic heterocycles. The van der Waals surface area contributed by atoms with E-state index >= 15 is 0 Å². The first-order valence-electron chi connectivity index (χ1n) is 3.77. The Kier molecular flexibility index (Phi) is 3.20. The van der Waals surface area contributed by atoms with Crippen molar-refractivity contribution in [1.82, 2.24) is 4.98 Å². The van der Waals surface area contributed by atoms with Gasteiger partial charge in [0.1, 0.15) is 5.75 Å². The maximum absolute atomic E-state index is 5.55. The average molecular weight is 335 g/mol. The summed E-state index contributed by atoms with van der Waals surface area (Å²) in [7, 11) is 0. The van der Waals surface area contributed by atoms with Gasteiger partial charge in [0.15, 0.2) is 0 Å². The summed E-state index contributed by atoms with van der Waals surface area (Å²) in [6.07, 6.45) is 0. The molecule has 0 saturated heterocycles. The minimum atomic E-state index is 0.619. The molecule has 0 saturated carbocycles. The van der Waals surface area contributed by atoms with Crippen molar-refractivity contribution in [3.8, 4) is 11.6 Å². The molecule has 0 N–H and O–H groups in total. The molecular weight excluding hydrogens is 330 g/mol.